The molecule has 0 radical (unpaired) electrons. The first-order valence-electron chi connectivity index (χ1n) is 10.7. The molecule has 0 unspecified atom stereocenters. The van der Waals surface area contributed by atoms with Gasteiger partial charge < -0.3 is 9.47 Å². The number of hydrogen-bond acceptors (Lipinski definition) is 4. The molecule has 0 atom stereocenters. The zero-order valence-corrected chi connectivity index (χ0v) is 16.7. The van der Waals surface area contributed by atoms with E-state index >= 15 is 0 Å². The molecule has 2 aliphatic rings. The van der Waals surface area contributed by atoms with Gasteiger partial charge in [-0.15, -0.1) is 0 Å². The average Bonchev–Trinajstić information content (AvgIpc) is 3.03. The van der Waals surface area contributed by atoms with Crippen molar-refractivity contribution < 1.29 is 4.79 Å². The van der Waals surface area contributed by atoms with Crippen LogP contribution in [0.15, 0.2) is 36.8 Å². The summed E-state index contributed by atoms with van der Waals surface area (Å²) in [5, 5.41) is 0. The van der Waals surface area contributed by atoms with Gasteiger partial charge in [0, 0.05) is 37.6 Å². The molecule has 0 bridgehead atoms. The van der Waals surface area contributed by atoms with Crippen LogP contribution < -0.4 is 0 Å². The van der Waals surface area contributed by atoms with Gasteiger partial charge in [0.2, 0.25) is 5.91 Å². The van der Waals surface area contributed by atoms with Crippen molar-refractivity contribution in [3.8, 4) is 0 Å². The first-order valence-corrected chi connectivity index (χ1v) is 10.7. The third kappa shape index (κ3) is 4.79. The Bertz CT molecular complexity index is 743. The Labute approximate surface area is 167 Å². The Morgan fingerprint density at radius 3 is 2.46 bits per heavy atom. The summed E-state index contributed by atoms with van der Waals surface area (Å²) in [7, 11) is 0. The Hall–Kier alpha value is -2.21. The number of aromatic nitrogens is 3. The largest absolute Gasteiger partial charge is 0.342 e. The van der Waals surface area contributed by atoms with Crippen molar-refractivity contribution in [2.24, 2.45) is 0 Å². The van der Waals surface area contributed by atoms with Crippen LogP contribution in [0.5, 0.6) is 0 Å². The highest BCUT2D eigenvalue weighted by Gasteiger charge is 2.27. The summed E-state index contributed by atoms with van der Waals surface area (Å²) >= 11 is 0. The summed E-state index contributed by atoms with van der Waals surface area (Å²) in [5.74, 6) is 1.85. The van der Waals surface area contributed by atoms with Crippen LogP contribution in [0, 0.1) is 0 Å². The molecule has 4 heterocycles. The second-order valence-corrected chi connectivity index (χ2v) is 8.08. The van der Waals surface area contributed by atoms with Crippen LogP contribution in [0.3, 0.4) is 0 Å². The van der Waals surface area contributed by atoms with Gasteiger partial charge in [0.15, 0.2) is 0 Å². The number of carbonyl (C=O) groups is 1. The SMILES string of the molecule is O=C(CN1CCCCCC1)N1CCC(c2nccn2Cc2ccccn2)CC1. The van der Waals surface area contributed by atoms with Crippen molar-refractivity contribution >= 4 is 5.91 Å². The van der Waals surface area contributed by atoms with Gasteiger partial charge in [-0.25, -0.2) is 4.98 Å². The Morgan fingerprint density at radius 2 is 1.75 bits per heavy atom. The summed E-state index contributed by atoms with van der Waals surface area (Å²) in [6.45, 7) is 5.19. The lowest BCUT2D eigenvalue weighted by atomic mass is 9.95. The van der Waals surface area contributed by atoms with E-state index in [1.165, 1.54) is 25.7 Å². The van der Waals surface area contributed by atoms with Crippen molar-refractivity contribution in [1.82, 2.24) is 24.3 Å². The number of rotatable bonds is 5. The van der Waals surface area contributed by atoms with Gasteiger partial charge in [-0.1, -0.05) is 18.9 Å². The molecule has 2 aromatic heterocycles. The van der Waals surface area contributed by atoms with Gasteiger partial charge >= 0.3 is 0 Å². The van der Waals surface area contributed by atoms with E-state index in [1.807, 2.05) is 36.8 Å². The van der Waals surface area contributed by atoms with Crippen molar-refractivity contribution in [3.63, 3.8) is 0 Å². The molecule has 0 saturated carbocycles. The highest BCUT2D eigenvalue weighted by Crippen LogP contribution is 2.27. The fourth-order valence-electron chi connectivity index (χ4n) is 4.45. The summed E-state index contributed by atoms with van der Waals surface area (Å²) in [6, 6.07) is 6.01. The van der Waals surface area contributed by atoms with Gasteiger partial charge in [0.25, 0.3) is 0 Å². The summed E-state index contributed by atoms with van der Waals surface area (Å²) in [6.07, 6.45) is 12.8. The van der Waals surface area contributed by atoms with Gasteiger partial charge in [0.05, 0.1) is 18.8 Å². The fourth-order valence-corrected chi connectivity index (χ4v) is 4.45. The van der Waals surface area contributed by atoms with Crippen LogP contribution in [0.1, 0.15) is 56.0 Å². The van der Waals surface area contributed by atoms with Crippen LogP contribution >= 0.6 is 0 Å². The molecule has 0 aliphatic carbocycles. The minimum atomic E-state index is 0.303. The van der Waals surface area contributed by atoms with Gasteiger partial charge in [0.1, 0.15) is 5.82 Å². The summed E-state index contributed by atoms with van der Waals surface area (Å²) < 4.78 is 2.21. The van der Waals surface area contributed by atoms with Crippen molar-refractivity contribution in [2.45, 2.75) is 51.0 Å². The Morgan fingerprint density at radius 1 is 0.964 bits per heavy atom. The number of amides is 1. The number of carbonyl (C=O) groups excluding carboxylic acids is 1. The normalized spacial score (nSPS) is 19.5. The predicted octanol–water partition coefficient (Wildman–Crippen LogP) is 2.91. The summed E-state index contributed by atoms with van der Waals surface area (Å²) in [4.78, 5) is 26.2. The van der Waals surface area contributed by atoms with Crippen LogP contribution in [-0.2, 0) is 11.3 Å². The number of piperidine rings is 1. The maximum Gasteiger partial charge on any atom is 0.236 e. The molecule has 1 amide bonds. The third-order valence-electron chi connectivity index (χ3n) is 6.08. The van der Waals surface area contributed by atoms with Crippen LogP contribution in [0.25, 0.3) is 0 Å². The van der Waals surface area contributed by atoms with Crippen molar-refractivity contribution in [2.75, 3.05) is 32.7 Å². The second-order valence-electron chi connectivity index (χ2n) is 8.08. The Balaban J connectivity index is 1.31. The number of imidazole rings is 1. The van der Waals surface area contributed by atoms with Gasteiger partial charge in [-0.2, -0.15) is 0 Å². The molecule has 4 rings (SSSR count). The maximum absolute atomic E-state index is 12.7. The van der Waals surface area contributed by atoms with Gasteiger partial charge in [-0.05, 0) is 50.9 Å². The quantitative estimate of drug-likeness (QED) is 0.799. The molecule has 6 heteroatoms. The maximum atomic E-state index is 12.7. The Kier molecular flexibility index (Phi) is 6.37. The second kappa shape index (κ2) is 9.32. The molecule has 2 saturated heterocycles. The minimum Gasteiger partial charge on any atom is -0.342 e. The smallest absolute Gasteiger partial charge is 0.236 e. The predicted molar refractivity (Wildman–Crippen MR) is 109 cm³/mol. The zero-order valence-electron chi connectivity index (χ0n) is 16.7. The van der Waals surface area contributed by atoms with Crippen LogP contribution in [0.2, 0.25) is 0 Å². The lowest BCUT2D eigenvalue weighted by Crippen LogP contribution is -2.44. The molecule has 6 nitrogen and oxygen atoms in total. The third-order valence-corrected chi connectivity index (χ3v) is 6.08. The fraction of sp³-hybridized carbons (Fsp3) is 0.591. The molecular weight excluding hydrogens is 350 g/mol. The molecule has 2 aliphatic heterocycles. The van der Waals surface area contributed by atoms with E-state index in [2.05, 4.69) is 24.3 Å². The van der Waals surface area contributed by atoms with E-state index in [4.69, 9.17) is 0 Å². The standard InChI is InChI=1S/C22H31N5O/c28-21(18-25-12-5-1-2-6-13-25)26-14-8-19(9-15-26)22-24-11-16-27(22)17-20-7-3-4-10-23-20/h3-4,7,10-11,16,19H,1-2,5-6,8-9,12-15,17-18H2. The lowest BCUT2D eigenvalue weighted by Gasteiger charge is -2.33. The highest BCUT2D eigenvalue weighted by atomic mass is 16.2. The number of nitrogens with zero attached hydrogens (tertiary/aromatic N) is 5. The average molecular weight is 382 g/mol. The van der Waals surface area contributed by atoms with Crippen molar-refractivity contribution in [1.29, 1.82) is 0 Å². The first kappa shape index (κ1) is 19.1. The molecule has 0 N–H and O–H groups in total. The summed E-state index contributed by atoms with van der Waals surface area (Å²) in [5.41, 5.74) is 1.05. The molecule has 2 fully saturated rings. The minimum absolute atomic E-state index is 0.303. The topological polar surface area (TPSA) is 54.3 Å². The van der Waals surface area contributed by atoms with E-state index < -0.39 is 0 Å². The number of hydrogen-bond donors (Lipinski definition) is 0. The van der Waals surface area contributed by atoms with E-state index in [9.17, 15) is 4.79 Å². The van der Waals surface area contributed by atoms with Crippen LogP contribution in [0.4, 0.5) is 0 Å². The van der Waals surface area contributed by atoms with E-state index in [-0.39, 0.29) is 0 Å². The molecule has 28 heavy (non-hydrogen) atoms. The zero-order chi connectivity index (χ0) is 19.2. The molecule has 0 aromatic carbocycles. The van der Waals surface area contributed by atoms with E-state index in [1.54, 1.807) is 0 Å². The lowest BCUT2D eigenvalue weighted by molar-refractivity contribution is -0.133. The molecule has 0 spiro atoms. The first-order chi connectivity index (χ1) is 13.8. The molecule has 2 aromatic rings. The highest BCUT2D eigenvalue weighted by molar-refractivity contribution is 5.78. The van der Waals surface area contributed by atoms with Crippen LogP contribution in [-0.4, -0.2) is 63.0 Å². The number of likely N-dealkylation sites (tertiary alicyclic amines) is 2. The number of pyridine rings is 1. The van der Waals surface area contributed by atoms with Crippen molar-refractivity contribution in [3.05, 3.63) is 48.3 Å². The monoisotopic (exact) mass is 381 g/mol. The molecular formula is C22H31N5O. The van der Waals surface area contributed by atoms with E-state index in [0.29, 0.717) is 18.4 Å². The molecule has 150 valence electrons. The van der Waals surface area contributed by atoms with E-state index in [0.717, 1.165) is 57.1 Å². The van der Waals surface area contributed by atoms with Gasteiger partial charge in [-0.3, -0.25) is 14.7 Å².